The molecule has 3 heterocycles. The molecule has 1 saturated heterocycles. The average Bonchev–Trinajstić information content (AvgIpc) is 2.99. The fourth-order valence-corrected chi connectivity index (χ4v) is 3.75. The van der Waals surface area contributed by atoms with Gasteiger partial charge in [-0.2, -0.15) is 0 Å². The van der Waals surface area contributed by atoms with E-state index in [4.69, 9.17) is 4.52 Å². The van der Waals surface area contributed by atoms with Crippen molar-refractivity contribution in [2.45, 2.75) is 32.7 Å². The van der Waals surface area contributed by atoms with Gasteiger partial charge in [-0.05, 0) is 50.9 Å². The Morgan fingerprint density at radius 2 is 2.15 bits per heavy atom. The molecule has 0 aliphatic carbocycles. The van der Waals surface area contributed by atoms with Crippen LogP contribution < -0.4 is 5.32 Å². The van der Waals surface area contributed by atoms with Crippen molar-refractivity contribution < 1.29 is 14.4 Å². The third-order valence-electron chi connectivity index (χ3n) is 5.07. The maximum atomic E-state index is 11.4. The van der Waals surface area contributed by atoms with E-state index in [2.05, 4.69) is 20.4 Å². The zero-order chi connectivity index (χ0) is 18.3. The molecule has 134 valence electrons. The number of carbonyl (C=O) groups is 1. The molecule has 1 fully saturated rings. The Bertz CT molecular complexity index is 963. The van der Waals surface area contributed by atoms with E-state index in [1.54, 1.807) is 6.33 Å². The molecule has 2 N–H and O–H groups in total. The van der Waals surface area contributed by atoms with Gasteiger partial charge in [0.15, 0.2) is 0 Å². The number of piperidine rings is 1. The largest absolute Gasteiger partial charge is 0.481 e. The number of benzene rings is 1. The Hall–Kier alpha value is -2.80. The zero-order valence-corrected chi connectivity index (χ0v) is 14.7. The van der Waals surface area contributed by atoms with Gasteiger partial charge in [-0.3, -0.25) is 4.79 Å². The first-order valence-electron chi connectivity index (χ1n) is 8.68. The third kappa shape index (κ3) is 2.84. The van der Waals surface area contributed by atoms with Gasteiger partial charge in [0.05, 0.1) is 28.9 Å². The number of aryl methyl sites for hydroxylation is 2. The summed E-state index contributed by atoms with van der Waals surface area (Å²) in [4.78, 5) is 20.3. The highest BCUT2D eigenvalue weighted by molar-refractivity contribution is 5.87. The molecular formula is C19H20N4O3. The number of rotatable bonds is 3. The van der Waals surface area contributed by atoms with E-state index in [0.717, 1.165) is 39.2 Å². The molecule has 2 aromatic heterocycles. The van der Waals surface area contributed by atoms with Gasteiger partial charge in [-0.25, -0.2) is 9.97 Å². The van der Waals surface area contributed by atoms with Gasteiger partial charge < -0.3 is 14.9 Å². The van der Waals surface area contributed by atoms with Crippen LogP contribution in [0.5, 0.6) is 0 Å². The van der Waals surface area contributed by atoms with Crippen LogP contribution in [0.4, 0.5) is 0 Å². The summed E-state index contributed by atoms with van der Waals surface area (Å²) in [6.45, 7) is 4.47. The highest BCUT2D eigenvalue weighted by Gasteiger charge is 2.29. The zero-order valence-electron chi connectivity index (χ0n) is 14.7. The van der Waals surface area contributed by atoms with E-state index in [1.165, 1.54) is 0 Å². The van der Waals surface area contributed by atoms with E-state index in [1.807, 2.05) is 32.0 Å². The van der Waals surface area contributed by atoms with Crippen molar-refractivity contribution in [3.05, 3.63) is 41.7 Å². The number of hydrogen-bond acceptors (Lipinski definition) is 6. The molecule has 0 spiro atoms. The number of fused-ring (bicyclic) bond motifs is 1. The van der Waals surface area contributed by atoms with E-state index < -0.39 is 5.97 Å². The lowest BCUT2D eigenvalue weighted by Crippen LogP contribution is -2.35. The Morgan fingerprint density at radius 3 is 2.88 bits per heavy atom. The number of aliphatic carboxylic acids is 1. The molecule has 7 nitrogen and oxygen atoms in total. The minimum Gasteiger partial charge on any atom is -0.481 e. The number of aromatic nitrogens is 3. The van der Waals surface area contributed by atoms with Gasteiger partial charge in [0, 0.05) is 10.9 Å². The second-order valence-corrected chi connectivity index (χ2v) is 6.76. The Labute approximate surface area is 150 Å². The summed E-state index contributed by atoms with van der Waals surface area (Å²) in [7, 11) is 0. The van der Waals surface area contributed by atoms with Gasteiger partial charge in [-0.15, -0.1) is 0 Å². The van der Waals surface area contributed by atoms with Gasteiger partial charge in [0.1, 0.15) is 12.1 Å². The van der Waals surface area contributed by atoms with Crippen LogP contribution in [-0.4, -0.2) is 32.7 Å². The molecule has 0 saturated carbocycles. The van der Waals surface area contributed by atoms with Crippen molar-refractivity contribution in [1.29, 1.82) is 0 Å². The van der Waals surface area contributed by atoms with Gasteiger partial charge in [-0.1, -0.05) is 11.2 Å². The van der Waals surface area contributed by atoms with Crippen LogP contribution in [0.2, 0.25) is 0 Å². The summed E-state index contributed by atoms with van der Waals surface area (Å²) in [5, 5.41) is 17.7. The highest BCUT2D eigenvalue weighted by Crippen LogP contribution is 2.34. The number of hydrogen-bond donors (Lipinski definition) is 2. The van der Waals surface area contributed by atoms with E-state index in [-0.39, 0.29) is 12.0 Å². The maximum absolute atomic E-state index is 11.4. The first-order chi connectivity index (χ1) is 12.5. The monoisotopic (exact) mass is 352 g/mol. The lowest BCUT2D eigenvalue weighted by molar-refractivity contribution is -0.143. The molecule has 1 aliphatic heterocycles. The lowest BCUT2D eigenvalue weighted by atomic mass is 9.89. The van der Waals surface area contributed by atoms with Crippen LogP contribution in [-0.2, 0) is 4.79 Å². The quantitative estimate of drug-likeness (QED) is 0.747. The Kier molecular flexibility index (Phi) is 4.16. The predicted octanol–water partition coefficient (Wildman–Crippen LogP) is 3.03. The van der Waals surface area contributed by atoms with Gasteiger partial charge in [0.25, 0.3) is 0 Å². The molecule has 0 amide bonds. The summed E-state index contributed by atoms with van der Waals surface area (Å²) in [5.41, 5.74) is 4.48. The normalized spacial score (nSPS) is 20.4. The van der Waals surface area contributed by atoms with Crippen LogP contribution in [0.1, 0.15) is 36.0 Å². The third-order valence-corrected chi connectivity index (χ3v) is 5.07. The van der Waals surface area contributed by atoms with Gasteiger partial charge in [0.2, 0.25) is 0 Å². The number of carboxylic acid groups (broad SMARTS) is 1. The lowest BCUT2D eigenvalue weighted by Gasteiger charge is -2.28. The van der Waals surface area contributed by atoms with Crippen LogP contribution in [0.3, 0.4) is 0 Å². The summed E-state index contributed by atoms with van der Waals surface area (Å²) in [5.74, 6) is -0.328. The van der Waals surface area contributed by atoms with Crippen LogP contribution in [0, 0.1) is 19.8 Å². The number of nitrogens with zero attached hydrogens (tertiary/aromatic N) is 3. The minimum absolute atomic E-state index is 0.102. The van der Waals surface area contributed by atoms with Crippen molar-refractivity contribution in [3.8, 4) is 11.1 Å². The SMILES string of the molecule is Cc1noc(C)c1-c1ccc2ncnc(C3CC(C(=O)O)CCN3)c2c1. The molecule has 0 bridgehead atoms. The number of nitrogens with one attached hydrogen (secondary N) is 1. The van der Waals surface area contributed by atoms with E-state index in [0.29, 0.717) is 19.4 Å². The predicted molar refractivity (Wildman–Crippen MR) is 95.6 cm³/mol. The van der Waals surface area contributed by atoms with E-state index in [9.17, 15) is 9.90 Å². The molecule has 4 rings (SSSR count). The smallest absolute Gasteiger partial charge is 0.306 e. The Morgan fingerprint density at radius 1 is 1.31 bits per heavy atom. The molecule has 7 heteroatoms. The molecule has 26 heavy (non-hydrogen) atoms. The van der Waals surface area contributed by atoms with Crippen molar-refractivity contribution in [2.24, 2.45) is 5.92 Å². The molecule has 1 aromatic carbocycles. The standard InChI is InChI=1S/C19H20N4O3/c1-10-17(11(2)26-23-10)12-3-4-15-14(7-12)18(22-9-21-15)16-8-13(19(24)25)5-6-20-16/h3-4,7,9,13,16,20H,5-6,8H2,1-2H3,(H,24,25). The summed E-state index contributed by atoms with van der Waals surface area (Å²) >= 11 is 0. The maximum Gasteiger partial charge on any atom is 0.306 e. The topological polar surface area (TPSA) is 101 Å². The molecule has 2 atom stereocenters. The van der Waals surface area contributed by atoms with Crippen LogP contribution in [0.15, 0.2) is 29.0 Å². The molecule has 3 aromatic rings. The van der Waals surface area contributed by atoms with Crippen molar-refractivity contribution in [3.63, 3.8) is 0 Å². The second-order valence-electron chi connectivity index (χ2n) is 6.76. The average molecular weight is 352 g/mol. The second kappa shape index (κ2) is 6.49. The molecule has 0 radical (unpaired) electrons. The molecule has 2 unspecified atom stereocenters. The van der Waals surface area contributed by atoms with Crippen LogP contribution in [0.25, 0.3) is 22.0 Å². The first-order valence-corrected chi connectivity index (χ1v) is 8.68. The van der Waals surface area contributed by atoms with Crippen molar-refractivity contribution in [2.75, 3.05) is 6.54 Å². The van der Waals surface area contributed by atoms with Crippen molar-refractivity contribution in [1.82, 2.24) is 20.4 Å². The fraction of sp³-hybridized carbons (Fsp3) is 0.368. The van der Waals surface area contributed by atoms with E-state index >= 15 is 0 Å². The fourth-order valence-electron chi connectivity index (χ4n) is 3.75. The summed E-state index contributed by atoms with van der Waals surface area (Å²) in [6.07, 6.45) is 2.70. The van der Waals surface area contributed by atoms with Crippen molar-refractivity contribution >= 4 is 16.9 Å². The molecular weight excluding hydrogens is 332 g/mol. The summed E-state index contributed by atoms with van der Waals surface area (Å²) < 4.78 is 5.29. The summed E-state index contributed by atoms with van der Waals surface area (Å²) in [6, 6.07) is 5.90. The highest BCUT2D eigenvalue weighted by atomic mass is 16.5. The first kappa shape index (κ1) is 16.7. The van der Waals surface area contributed by atoms with Gasteiger partial charge >= 0.3 is 5.97 Å². The number of carboxylic acids is 1. The van der Waals surface area contributed by atoms with Crippen LogP contribution >= 0.6 is 0 Å². The molecule has 1 aliphatic rings. The minimum atomic E-state index is -0.744. The Balaban J connectivity index is 1.80.